The maximum Gasteiger partial charge on any atom is 0.125 e. The monoisotopic (exact) mass is 277 g/mol. The largest absolute Gasteiger partial charge is 0.328 e. The summed E-state index contributed by atoms with van der Waals surface area (Å²) in [4.78, 5) is 4.61. The van der Waals surface area contributed by atoms with E-state index in [9.17, 15) is 4.39 Å². The fourth-order valence-corrected chi connectivity index (χ4v) is 2.41. The van der Waals surface area contributed by atoms with E-state index >= 15 is 0 Å². The van der Waals surface area contributed by atoms with Gasteiger partial charge in [0.05, 0.1) is 11.0 Å². The summed E-state index contributed by atoms with van der Waals surface area (Å²) in [6.07, 6.45) is 4.30. The molecular weight excluding hydrogens is 253 g/mol. The van der Waals surface area contributed by atoms with Gasteiger partial charge in [-0.25, -0.2) is 9.37 Å². The van der Waals surface area contributed by atoms with Crippen molar-refractivity contribution in [2.24, 2.45) is 0 Å². The van der Waals surface area contributed by atoms with Gasteiger partial charge >= 0.3 is 0 Å². The van der Waals surface area contributed by atoms with Gasteiger partial charge in [0.1, 0.15) is 11.6 Å². The Morgan fingerprint density at radius 1 is 1.20 bits per heavy atom. The van der Waals surface area contributed by atoms with Gasteiger partial charge in [0.25, 0.3) is 0 Å². The number of imidazole rings is 1. The maximum absolute atomic E-state index is 13.3. The topological polar surface area (TPSA) is 29.9 Å². The molecule has 1 aromatic carbocycles. The van der Waals surface area contributed by atoms with E-state index < -0.39 is 0 Å². The van der Waals surface area contributed by atoms with Crippen molar-refractivity contribution >= 4 is 11.0 Å². The second-order valence-corrected chi connectivity index (χ2v) is 5.17. The van der Waals surface area contributed by atoms with Crippen LogP contribution in [-0.2, 0) is 13.0 Å². The molecule has 0 atom stereocenters. The number of aryl methyl sites for hydroxylation is 1. The molecular formula is C16H24FN3. The molecule has 0 unspecified atom stereocenters. The van der Waals surface area contributed by atoms with Crippen molar-refractivity contribution in [1.29, 1.82) is 0 Å². The lowest BCUT2D eigenvalue weighted by Gasteiger charge is -2.09. The molecule has 1 aromatic heterocycles. The highest BCUT2D eigenvalue weighted by Crippen LogP contribution is 2.18. The molecule has 3 nitrogen and oxygen atoms in total. The van der Waals surface area contributed by atoms with Crippen LogP contribution in [0.1, 0.15) is 38.9 Å². The highest BCUT2D eigenvalue weighted by molar-refractivity contribution is 5.76. The van der Waals surface area contributed by atoms with Crippen LogP contribution in [0.25, 0.3) is 11.0 Å². The summed E-state index contributed by atoms with van der Waals surface area (Å²) in [6, 6.07) is 4.89. The molecule has 0 amide bonds. The second kappa shape index (κ2) is 7.39. The molecule has 0 aliphatic heterocycles. The Bertz CT molecular complexity index is 548. The third-order valence-corrected chi connectivity index (χ3v) is 3.48. The number of rotatable bonds is 8. The lowest BCUT2D eigenvalue weighted by molar-refractivity contribution is 0.594. The van der Waals surface area contributed by atoms with E-state index in [1.807, 2.05) is 6.07 Å². The molecule has 2 rings (SSSR count). The Morgan fingerprint density at radius 2 is 2.05 bits per heavy atom. The molecule has 1 heterocycles. The molecule has 1 N–H and O–H groups in total. The predicted molar refractivity (Wildman–Crippen MR) is 81.5 cm³/mol. The second-order valence-electron chi connectivity index (χ2n) is 5.17. The molecule has 0 radical (unpaired) electrons. The summed E-state index contributed by atoms with van der Waals surface area (Å²) in [6.45, 7) is 7.25. The number of hydrogen-bond donors (Lipinski definition) is 1. The van der Waals surface area contributed by atoms with Crippen molar-refractivity contribution in [3.8, 4) is 0 Å². The van der Waals surface area contributed by atoms with Gasteiger partial charge in [-0.2, -0.15) is 0 Å². The highest BCUT2D eigenvalue weighted by atomic mass is 19.1. The Hall–Kier alpha value is -1.42. The van der Waals surface area contributed by atoms with Crippen LogP contribution in [0.2, 0.25) is 0 Å². The fraction of sp³-hybridized carbons (Fsp3) is 0.562. The normalized spacial score (nSPS) is 11.3. The van der Waals surface area contributed by atoms with E-state index in [0.29, 0.717) is 0 Å². The first kappa shape index (κ1) is 15.0. The standard InChI is InChI=1S/C16H24FN3/c1-3-5-11-20-15-7-6-13(17)12-14(15)19-16(20)8-10-18-9-4-2/h6-7,12,18H,3-5,8-11H2,1-2H3. The predicted octanol–water partition coefficient (Wildman–Crippen LogP) is 3.52. The lowest BCUT2D eigenvalue weighted by Crippen LogP contribution is -2.19. The third-order valence-electron chi connectivity index (χ3n) is 3.48. The van der Waals surface area contributed by atoms with Crippen LogP contribution in [0.15, 0.2) is 18.2 Å². The molecule has 110 valence electrons. The first-order chi connectivity index (χ1) is 9.76. The van der Waals surface area contributed by atoms with Crippen LogP contribution in [0.4, 0.5) is 4.39 Å². The number of hydrogen-bond acceptors (Lipinski definition) is 2. The van der Waals surface area contributed by atoms with Crippen LogP contribution < -0.4 is 5.32 Å². The quantitative estimate of drug-likeness (QED) is 0.748. The van der Waals surface area contributed by atoms with Crippen LogP contribution >= 0.6 is 0 Å². The average molecular weight is 277 g/mol. The van der Waals surface area contributed by atoms with Gasteiger partial charge in [0, 0.05) is 25.6 Å². The van der Waals surface area contributed by atoms with Gasteiger partial charge in [-0.1, -0.05) is 20.3 Å². The summed E-state index contributed by atoms with van der Waals surface area (Å²) >= 11 is 0. The first-order valence-corrected chi connectivity index (χ1v) is 7.61. The van der Waals surface area contributed by atoms with Crippen molar-refractivity contribution < 1.29 is 4.39 Å². The molecule has 0 saturated heterocycles. The van der Waals surface area contributed by atoms with Crippen molar-refractivity contribution in [2.45, 2.75) is 46.1 Å². The Morgan fingerprint density at radius 3 is 2.80 bits per heavy atom. The van der Waals surface area contributed by atoms with Gasteiger partial charge in [-0.15, -0.1) is 0 Å². The van der Waals surface area contributed by atoms with Crippen molar-refractivity contribution in [1.82, 2.24) is 14.9 Å². The number of aromatic nitrogens is 2. The van der Waals surface area contributed by atoms with Gasteiger partial charge in [-0.05, 0) is 31.5 Å². The van der Waals surface area contributed by atoms with Crippen LogP contribution in [0.5, 0.6) is 0 Å². The van der Waals surface area contributed by atoms with Crippen molar-refractivity contribution in [2.75, 3.05) is 13.1 Å². The zero-order valence-electron chi connectivity index (χ0n) is 12.5. The average Bonchev–Trinajstić information content (AvgIpc) is 2.78. The van der Waals surface area contributed by atoms with Crippen LogP contribution in [0.3, 0.4) is 0 Å². The minimum Gasteiger partial charge on any atom is -0.328 e. The van der Waals surface area contributed by atoms with E-state index in [-0.39, 0.29) is 5.82 Å². The SMILES string of the molecule is CCCCn1c(CCNCCC)nc2cc(F)ccc21. The molecule has 0 bridgehead atoms. The molecule has 0 aliphatic carbocycles. The van der Waals surface area contributed by atoms with E-state index in [1.54, 1.807) is 0 Å². The molecule has 4 heteroatoms. The van der Waals surface area contributed by atoms with Gasteiger partial charge in [0.2, 0.25) is 0 Å². The van der Waals surface area contributed by atoms with Crippen LogP contribution in [0, 0.1) is 5.82 Å². The molecule has 0 saturated carbocycles. The van der Waals surface area contributed by atoms with E-state index in [1.165, 1.54) is 12.1 Å². The lowest BCUT2D eigenvalue weighted by atomic mass is 10.3. The Kier molecular flexibility index (Phi) is 5.53. The van der Waals surface area contributed by atoms with Crippen LogP contribution in [-0.4, -0.2) is 22.6 Å². The number of unbranched alkanes of at least 4 members (excludes halogenated alkanes) is 1. The summed E-state index contributed by atoms with van der Waals surface area (Å²) in [5.74, 6) is 0.843. The number of fused-ring (bicyclic) bond motifs is 1. The zero-order chi connectivity index (χ0) is 14.4. The first-order valence-electron chi connectivity index (χ1n) is 7.61. The minimum absolute atomic E-state index is 0.215. The number of nitrogens with zero attached hydrogens (tertiary/aromatic N) is 2. The fourth-order valence-electron chi connectivity index (χ4n) is 2.41. The maximum atomic E-state index is 13.3. The summed E-state index contributed by atoms with van der Waals surface area (Å²) < 4.78 is 15.6. The highest BCUT2D eigenvalue weighted by Gasteiger charge is 2.10. The number of halogens is 1. The summed E-state index contributed by atoms with van der Waals surface area (Å²) in [5, 5.41) is 3.40. The molecule has 20 heavy (non-hydrogen) atoms. The van der Waals surface area contributed by atoms with Gasteiger partial charge in [-0.3, -0.25) is 0 Å². The van der Waals surface area contributed by atoms with Gasteiger partial charge < -0.3 is 9.88 Å². The Balaban J connectivity index is 2.21. The molecule has 0 aliphatic rings. The summed E-state index contributed by atoms with van der Waals surface area (Å²) in [7, 11) is 0. The van der Waals surface area contributed by atoms with Crippen molar-refractivity contribution in [3.63, 3.8) is 0 Å². The molecule has 0 fully saturated rings. The smallest absolute Gasteiger partial charge is 0.125 e. The molecule has 0 spiro atoms. The van der Waals surface area contributed by atoms with E-state index in [0.717, 1.165) is 62.2 Å². The zero-order valence-corrected chi connectivity index (χ0v) is 12.5. The number of nitrogens with one attached hydrogen (secondary N) is 1. The van der Waals surface area contributed by atoms with E-state index in [4.69, 9.17) is 0 Å². The summed E-state index contributed by atoms with van der Waals surface area (Å²) in [5.41, 5.74) is 1.82. The Labute approximate surface area is 120 Å². The third kappa shape index (κ3) is 3.57. The van der Waals surface area contributed by atoms with Gasteiger partial charge in [0.15, 0.2) is 0 Å². The number of benzene rings is 1. The minimum atomic E-state index is -0.215. The van der Waals surface area contributed by atoms with E-state index in [2.05, 4.69) is 28.7 Å². The molecule has 2 aromatic rings. The van der Waals surface area contributed by atoms with Crippen molar-refractivity contribution in [3.05, 3.63) is 29.8 Å².